The van der Waals surface area contributed by atoms with Gasteiger partial charge >= 0.3 is 0 Å². The molecule has 0 aliphatic heterocycles. The molecule has 0 amide bonds. The molecule has 102 valence electrons. The van der Waals surface area contributed by atoms with Crippen LogP contribution in [-0.2, 0) is 10.0 Å². The quantitative estimate of drug-likeness (QED) is 0.698. The second-order valence-electron chi connectivity index (χ2n) is 4.25. The summed E-state index contributed by atoms with van der Waals surface area (Å²) in [6, 6.07) is 9.07. The van der Waals surface area contributed by atoms with E-state index in [0.29, 0.717) is 24.2 Å². The topological polar surface area (TPSA) is 105 Å². The van der Waals surface area contributed by atoms with Crippen LogP contribution in [0, 0.1) is 0 Å². The molecule has 0 unspecified atom stereocenters. The SMILES string of the molecule is NS(=O)(=O)CCCNc1cc2ccccc2c(=O)[nH]1. The van der Waals surface area contributed by atoms with E-state index < -0.39 is 10.0 Å². The van der Waals surface area contributed by atoms with Crippen LogP contribution in [0.25, 0.3) is 10.8 Å². The molecule has 0 radical (unpaired) electrons. The summed E-state index contributed by atoms with van der Waals surface area (Å²) in [5.41, 5.74) is -0.174. The molecule has 2 aromatic rings. The summed E-state index contributed by atoms with van der Waals surface area (Å²) in [7, 11) is -3.43. The number of anilines is 1. The second kappa shape index (κ2) is 5.41. The number of pyridine rings is 1. The van der Waals surface area contributed by atoms with E-state index >= 15 is 0 Å². The molecule has 7 heteroatoms. The maximum absolute atomic E-state index is 11.8. The number of rotatable bonds is 5. The third-order valence-corrected chi connectivity index (χ3v) is 3.53. The van der Waals surface area contributed by atoms with Gasteiger partial charge < -0.3 is 10.3 Å². The summed E-state index contributed by atoms with van der Waals surface area (Å²) in [6.07, 6.45) is 0.383. The highest BCUT2D eigenvalue weighted by atomic mass is 32.2. The number of hydrogen-bond acceptors (Lipinski definition) is 4. The molecular formula is C12H15N3O3S. The summed E-state index contributed by atoms with van der Waals surface area (Å²) >= 11 is 0. The van der Waals surface area contributed by atoms with Crippen molar-refractivity contribution >= 4 is 26.6 Å². The fourth-order valence-electron chi connectivity index (χ4n) is 1.80. The van der Waals surface area contributed by atoms with Gasteiger partial charge in [0.05, 0.1) is 5.75 Å². The number of aromatic amines is 1. The molecule has 0 spiro atoms. The van der Waals surface area contributed by atoms with Gasteiger partial charge in [0, 0.05) is 11.9 Å². The standard InChI is InChI=1S/C12H15N3O3S/c13-19(17,18)7-3-6-14-11-8-9-4-1-2-5-10(9)12(16)15-11/h1-2,4-5,8H,3,6-7H2,(H2,13,17,18)(H2,14,15,16). The number of aromatic nitrogens is 1. The molecule has 19 heavy (non-hydrogen) atoms. The van der Waals surface area contributed by atoms with Crippen LogP contribution in [0.3, 0.4) is 0 Å². The summed E-state index contributed by atoms with van der Waals surface area (Å²) in [5.74, 6) is 0.482. The number of nitrogens with one attached hydrogen (secondary N) is 2. The zero-order chi connectivity index (χ0) is 13.9. The fourth-order valence-corrected chi connectivity index (χ4v) is 2.35. The fraction of sp³-hybridized carbons (Fsp3) is 0.250. The maximum Gasteiger partial charge on any atom is 0.257 e. The Morgan fingerprint density at radius 3 is 2.74 bits per heavy atom. The number of benzene rings is 1. The Labute approximate surface area is 110 Å². The lowest BCUT2D eigenvalue weighted by Crippen LogP contribution is -2.19. The summed E-state index contributed by atoms with van der Waals surface area (Å²) < 4.78 is 21.5. The van der Waals surface area contributed by atoms with E-state index in [1.165, 1.54) is 0 Å². The molecule has 0 saturated heterocycles. The number of H-pyrrole nitrogens is 1. The molecule has 2 rings (SSSR count). The normalized spacial score (nSPS) is 11.6. The van der Waals surface area contributed by atoms with Crippen LogP contribution in [0.1, 0.15) is 6.42 Å². The van der Waals surface area contributed by atoms with Gasteiger partial charge in [-0.25, -0.2) is 13.6 Å². The number of hydrogen-bond donors (Lipinski definition) is 3. The van der Waals surface area contributed by atoms with Crippen molar-refractivity contribution in [3.05, 3.63) is 40.7 Å². The average molecular weight is 281 g/mol. The van der Waals surface area contributed by atoms with Crippen LogP contribution in [0.5, 0.6) is 0 Å². The first-order chi connectivity index (χ1) is 8.96. The number of fused-ring (bicyclic) bond motifs is 1. The van der Waals surface area contributed by atoms with Gasteiger partial charge in [0.2, 0.25) is 10.0 Å². The highest BCUT2D eigenvalue weighted by Gasteiger charge is 2.03. The monoisotopic (exact) mass is 281 g/mol. The lowest BCUT2D eigenvalue weighted by atomic mass is 10.2. The second-order valence-corrected chi connectivity index (χ2v) is 5.98. The molecule has 1 heterocycles. The molecule has 4 N–H and O–H groups in total. The van der Waals surface area contributed by atoms with Crippen LogP contribution in [-0.4, -0.2) is 25.7 Å². The molecule has 6 nitrogen and oxygen atoms in total. The van der Waals surface area contributed by atoms with E-state index in [4.69, 9.17) is 5.14 Å². The Kier molecular flexibility index (Phi) is 3.87. The number of primary sulfonamides is 1. The maximum atomic E-state index is 11.8. The lowest BCUT2D eigenvalue weighted by molar-refractivity contribution is 0.595. The third kappa shape index (κ3) is 3.80. The molecule has 0 fully saturated rings. The van der Waals surface area contributed by atoms with Crippen molar-refractivity contribution in [2.24, 2.45) is 5.14 Å². The van der Waals surface area contributed by atoms with Gasteiger partial charge in [-0.05, 0) is 23.9 Å². The van der Waals surface area contributed by atoms with Gasteiger partial charge in [0.25, 0.3) is 5.56 Å². The van der Waals surface area contributed by atoms with Crippen molar-refractivity contribution in [1.29, 1.82) is 0 Å². The van der Waals surface area contributed by atoms with Crippen LogP contribution >= 0.6 is 0 Å². The summed E-state index contributed by atoms with van der Waals surface area (Å²) in [4.78, 5) is 14.5. The van der Waals surface area contributed by atoms with Gasteiger partial charge in [0.1, 0.15) is 5.82 Å². The first-order valence-corrected chi connectivity index (χ1v) is 7.54. The molecule has 0 aliphatic rings. The lowest BCUT2D eigenvalue weighted by Gasteiger charge is -2.06. The molecular weight excluding hydrogens is 266 g/mol. The van der Waals surface area contributed by atoms with Crippen molar-refractivity contribution in [2.45, 2.75) is 6.42 Å². The summed E-state index contributed by atoms with van der Waals surface area (Å²) in [5, 5.41) is 9.33. The molecule has 0 bridgehead atoms. The van der Waals surface area contributed by atoms with Gasteiger partial charge in [-0.2, -0.15) is 0 Å². The highest BCUT2D eigenvalue weighted by molar-refractivity contribution is 7.89. The predicted molar refractivity (Wildman–Crippen MR) is 75.6 cm³/mol. The summed E-state index contributed by atoms with van der Waals surface area (Å²) in [6.45, 7) is 0.421. The Balaban J connectivity index is 2.08. The van der Waals surface area contributed by atoms with E-state index in [1.807, 2.05) is 18.2 Å². The van der Waals surface area contributed by atoms with E-state index in [9.17, 15) is 13.2 Å². The number of sulfonamides is 1. The van der Waals surface area contributed by atoms with E-state index in [2.05, 4.69) is 10.3 Å². The van der Waals surface area contributed by atoms with Gasteiger partial charge in [-0.1, -0.05) is 18.2 Å². The Morgan fingerprint density at radius 1 is 1.26 bits per heavy atom. The van der Waals surface area contributed by atoms with Gasteiger partial charge in [-0.15, -0.1) is 0 Å². The Bertz CT molecular complexity index is 737. The zero-order valence-corrected chi connectivity index (χ0v) is 11.0. The predicted octanol–water partition coefficient (Wildman–Crippen LogP) is 0.619. The van der Waals surface area contributed by atoms with Crippen LogP contribution < -0.4 is 16.0 Å². The molecule has 0 aliphatic carbocycles. The number of nitrogens with two attached hydrogens (primary N) is 1. The minimum Gasteiger partial charge on any atom is -0.372 e. The van der Waals surface area contributed by atoms with Crippen molar-refractivity contribution < 1.29 is 8.42 Å². The minimum atomic E-state index is -3.43. The van der Waals surface area contributed by atoms with E-state index in [0.717, 1.165) is 5.39 Å². The molecule has 1 aromatic heterocycles. The molecule has 0 saturated carbocycles. The zero-order valence-electron chi connectivity index (χ0n) is 10.2. The van der Waals surface area contributed by atoms with Gasteiger partial charge in [-0.3, -0.25) is 4.79 Å². The van der Waals surface area contributed by atoms with Crippen LogP contribution in [0.4, 0.5) is 5.82 Å². The molecule has 0 atom stereocenters. The smallest absolute Gasteiger partial charge is 0.257 e. The minimum absolute atomic E-state index is 0.0855. The molecule has 1 aromatic carbocycles. The van der Waals surface area contributed by atoms with Gasteiger partial charge in [0.15, 0.2) is 0 Å². The van der Waals surface area contributed by atoms with Crippen LogP contribution in [0.15, 0.2) is 35.1 Å². The highest BCUT2D eigenvalue weighted by Crippen LogP contribution is 2.12. The van der Waals surface area contributed by atoms with E-state index in [-0.39, 0.29) is 11.3 Å². The Morgan fingerprint density at radius 2 is 2.00 bits per heavy atom. The van der Waals surface area contributed by atoms with Crippen molar-refractivity contribution in [2.75, 3.05) is 17.6 Å². The van der Waals surface area contributed by atoms with Crippen molar-refractivity contribution in [3.8, 4) is 0 Å². The third-order valence-electron chi connectivity index (χ3n) is 2.67. The Hall–Kier alpha value is -1.86. The first-order valence-electron chi connectivity index (χ1n) is 5.82. The average Bonchev–Trinajstić information content (AvgIpc) is 2.34. The first kappa shape index (κ1) is 13.6. The van der Waals surface area contributed by atoms with Crippen LogP contribution in [0.2, 0.25) is 0 Å². The largest absolute Gasteiger partial charge is 0.372 e. The van der Waals surface area contributed by atoms with Crippen molar-refractivity contribution in [1.82, 2.24) is 4.98 Å². The van der Waals surface area contributed by atoms with E-state index in [1.54, 1.807) is 12.1 Å². The van der Waals surface area contributed by atoms with Crippen molar-refractivity contribution in [3.63, 3.8) is 0 Å².